The van der Waals surface area contributed by atoms with Gasteiger partial charge < -0.3 is 60.3 Å². The Bertz CT molecular complexity index is 3750. The van der Waals surface area contributed by atoms with Crippen LogP contribution in [-0.2, 0) is 78.5 Å². The smallest absolute Gasteiger partial charge is 0.169 e. The van der Waals surface area contributed by atoms with Gasteiger partial charge in [0.1, 0.15) is 78.5 Å². The highest BCUT2D eigenvalue weighted by atomic mass is 16.5. The number of rotatable bonds is 36. The summed E-state index contributed by atoms with van der Waals surface area (Å²) in [6, 6.07) is 51.6. The van der Waals surface area contributed by atoms with Crippen LogP contribution in [0.15, 0.2) is 294 Å². The molecule has 0 saturated heterocycles. The van der Waals surface area contributed by atoms with Gasteiger partial charge in [-0.05, 0) is 150 Å². The van der Waals surface area contributed by atoms with E-state index in [1.165, 1.54) is 221 Å². The summed E-state index contributed by atoms with van der Waals surface area (Å²) in [7, 11) is -11.7. The largest absolute Gasteiger partial charge is 0.907 e. The van der Waals surface area contributed by atoms with E-state index in [-0.39, 0.29) is 0 Å². The molecule has 0 aliphatic rings. The van der Waals surface area contributed by atoms with Crippen molar-refractivity contribution in [2.45, 2.75) is 399 Å². The highest BCUT2D eigenvalue weighted by Gasteiger charge is 2.07. The summed E-state index contributed by atoms with van der Waals surface area (Å²) in [4.78, 5) is 0. The summed E-state index contributed by atoms with van der Waals surface area (Å²) in [5.74, 6) is 0. The molecule has 0 aliphatic carbocycles. The Hall–Kier alpha value is -10.4. The van der Waals surface area contributed by atoms with Crippen LogP contribution in [0.1, 0.15) is 304 Å². The molecule has 0 N–H and O–H groups in total. The number of aryl methyl sites for hydroxylation is 24. The van der Waals surface area contributed by atoms with Crippen LogP contribution in [0.3, 0.4) is 0 Å². The molecule has 12 aromatic rings. The van der Waals surface area contributed by atoms with Gasteiger partial charge in [-0.15, -0.1) is 0 Å². The van der Waals surface area contributed by atoms with Crippen LogP contribution >= 0.6 is 0 Å². The Labute approximate surface area is 898 Å². The van der Waals surface area contributed by atoms with Crippen molar-refractivity contribution >= 4 is 29.3 Å². The topological polar surface area (TPSA) is 323 Å². The maximum Gasteiger partial charge on any atom is 0.169 e. The molecule has 24 nitrogen and oxygen atoms in total. The van der Waals surface area contributed by atoms with Crippen LogP contribution in [-0.4, -0.2) is 29.3 Å². The van der Waals surface area contributed by atoms with Gasteiger partial charge in [-0.1, -0.05) is 160 Å². The Morgan fingerprint density at radius 3 is 0.209 bits per heavy atom. The minimum absolute atomic E-state index is 1.15. The molecule has 28 heteroatoms. The van der Waals surface area contributed by atoms with Gasteiger partial charge in [-0.2, -0.15) is 0 Å². The Morgan fingerprint density at radius 2 is 0.169 bits per heavy atom. The molecule has 0 unspecified atom stereocenters. The summed E-state index contributed by atoms with van der Waals surface area (Å²) in [5, 5.41) is 101. The van der Waals surface area contributed by atoms with E-state index in [4.69, 9.17) is 60.3 Å². The lowest BCUT2D eigenvalue weighted by Gasteiger charge is -2.35. The van der Waals surface area contributed by atoms with E-state index < -0.39 is 29.3 Å². The van der Waals surface area contributed by atoms with Gasteiger partial charge in [0.25, 0.3) is 0 Å². The predicted octanol–water partition coefficient (Wildman–Crippen LogP) is 9.20. The van der Waals surface area contributed by atoms with Crippen molar-refractivity contribution in [1.82, 2.24) is 0 Å². The van der Waals surface area contributed by atoms with E-state index in [1.807, 2.05) is 0 Å². The van der Waals surface area contributed by atoms with E-state index in [0.29, 0.717) is 0 Å². The number of nitrogens with zero attached hydrogens (tertiary/aromatic N) is 12. The van der Waals surface area contributed by atoms with Gasteiger partial charge in [0.2, 0.25) is 0 Å². The predicted molar refractivity (Wildman–Crippen MR) is 578 cm³/mol. The SMILES string of the molecule is CCCC[n+]1ccc(C)cc1.CCCC[n+]1ccc(C)cc1.CCCC[n+]1ccc(C)cc1.CCCC[n+]1ccc(C)cc1.CCCC[n+]1ccc(C)cc1.CCCC[n+]1ccc(C)cc1.CCCC[n+]1ccc(C)cc1.CCCC[n+]1ccc(C)cc1.CCCC[n+]1ccc(C)cc1.CCCC[n+]1ccc(C)cc1.CCCC[n+]1ccc(C)cc1.CCCC[n+]1ccc(C)cc1.[O-]B([O-])[O-].[O-]B([O-])[O-].[O-]B([O-])[O-].[O-]B([O-])[O-]. The van der Waals surface area contributed by atoms with Crippen LogP contribution in [0.2, 0.25) is 0 Å². The third-order valence-corrected chi connectivity index (χ3v) is 21.9. The van der Waals surface area contributed by atoms with E-state index in [0.717, 1.165) is 78.5 Å². The summed E-state index contributed by atoms with van der Waals surface area (Å²) in [5.41, 5.74) is 16.0. The highest BCUT2D eigenvalue weighted by Crippen LogP contribution is 2.03. The fourth-order valence-electron chi connectivity index (χ4n) is 12.3. The van der Waals surface area contributed by atoms with Crippen molar-refractivity contribution in [3.63, 3.8) is 0 Å². The summed E-state index contributed by atoms with van der Waals surface area (Å²) < 4.78 is 26.8. The molecular formula is C120H192B4N12O12. The molecule has 12 aromatic heterocycles. The van der Waals surface area contributed by atoms with Crippen molar-refractivity contribution < 1.29 is 115 Å². The summed E-state index contributed by atoms with van der Waals surface area (Å²) in [6.45, 7) is 65.8. The van der Waals surface area contributed by atoms with Crippen molar-refractivity contribution in [2.24, 2.45) is 0 Å². The number of pyridine rings is 12. The molecule has 0 amide bonds. The van der Waals surface area contributed by atoms with E-state index in [1.54, 1.807) is 0 Å². The lowest BCUT2D eigenvalue weighted by Crippen LogP contribution is -2.56. The molecule has 0 saturated carbocycles. The van der Waals surface area contributed by atoms with Gasteiger partial charge >= 0.3 is 0 Å². The molecule has 12 heterocycles. The molecule has 0 radical (unpaired) electrons. The number of hydrogen-bond acceptors (Lipinski definition) is 12. The van der Waals surface area contributed by atoms with Gasteiger partial charge in [0.05, 0.1) is 0 Å². The first-order chi connectivity index (χ1) is 70.8. The number of unbranched alkanes of at least 4 members (excludes halogenated alkanes) is 12. The Morgan fingerprint density at radius 1 is 0.122 bits per heavy atom. The Kier molecular flexibility index (Phi) is 98.3. The van der Waals surface area contributed by atoms with E-state index >= 15 is 0 Å². The average molecular weight is 2040 g/mol. The minimum atomic E-state index is -2.92. The average Bonchev–Trinajstić information content (AvgIpc) is 1.01. The molecule has 0 fully saturated rings. The van der Waals surface area contributed by atoms with Crippen LogP contribution in [0.4, 0.5) is 0 Å². The molecule has 0 aliphatic heterocycles. The van der Waals surface area contributed by atoms with Crippen molar-refractivity contribution in [1.29, 1.82) is 0 Å². The summed E-state index contributed by atoms with van der Waals surface area (Å²) in [6.07, 6.45) is 81.9. The van der Waals surface area contributed by atoms with Gasteiger partial charge in [-0.25, -0.2) is 54.8 Å². The highest BCUT2D eigenvalue weighted by molar-refractivity contribution is 6.24. The number of aromatic nitrogens is 12. The van der Waals surface area contributed by atoms with Crippen molar-refractivity contribution in [3.05, 3.63) is 361 Å². The lowest BCUT2D eigenvalue weighted by atomic mass is 10.3. The first kappa shape index (κ1) is 144. The molecule has 148 heavy (non-hydrogen) atoms. The molecule has 0 aromatic carbocycles. The first-order valence-corrected chi connectivity index (χ1v) is 54.2. The van der Waals surface area contributed by atoms with Crippen LogP contribution < -0.4 is 115 Å². The molecule has 0 atom stereocenters. The number of hydrogen-bond donors (Lipinski definition) is 0. The van der Waals surface area contributed by atoms with Gasteiger partial charge in [0, 0.05) is 223 Å². The van der Waals surface area contributed by atoms with Crippen LogP contribution in [0, 0.1) is 83.1 Å². The molecule has 0 spiro atoms. The third kappa shape index (κ3) is 98.9. The Balaban J connectivity index is -0.000000754. The zero-order chi connectivity index (χ0) is 112. The van der Waals surface area contributed by atoms with Crippen LogP contribution in [0.25, 0.3) is 0 Å². The minimum Gasteiger partial charge on any atom is -0.907 e. The maximum atomic E-state index is 8.42. The van der Waals surface area contributed by atoms with E-state index in [2.05, 4.69) is 515 Å². The zero-order valence-electron chi connectivity index (χ0n) is 95.7. The van der Waals surface area contributed by atoms with Crippen molar-refractivity contribution in [2.75, 3.05) is 0 Å². The zero-order valence-corrected chi connectivity index (χ0v) is 95.7. The van der Waals surface area contributed by atoms with Crippen molar-refractivity contribution in [3.8, 4) is 0 Å². The second-order valence-electron chi connectivity index (χ2n) is 36.8. The van der Waals surface area contributed by atoms with Gasteiger partial charge in [-0.3, -0.25) is 29.3 Å². The second-order valence-corrected chi connectivity index (χ2v) is 36.8. The van der Waals surface area contributed by atoms with Gasteiger partial charge in [0.15, 0.2) is 149 Å². The molecule has 12 rings (SSSR count). The maximum absolute atomic E-state index is 8.42. The summed E-state index contributed by atoms with van der Waals surface area (Å²) >= 11 is 0. The van der Waals surface area contributed by atoms with E-state index in [9.17, 15) is 0 Å². The molecule has 816 valence electrons. The second kappa shape index (κ2) is 101. The monoisotopic (exact) mass is 2040 g/mol. The van der Waals surface area contributed by atoms with Crippen LogP contribution in [0.5, 0.6) is 0 Å². The molecular weight excluding hydrogens is 1840 g/mol. The normalized spacial score (nSPS) is 9.65. The first-order valence-electron chi connectivity index (χ1n) is 54.2. The molecule has 0 bridgehead atoms. The fraction of sp³-hybridized carbons (Fsp3) is 0.500. The lowest BCUT2D eigenvalue weighted by molar-refractivity contribution is -0.697. The fourth-order valence-corrected chi connectivity index (χ4v) is 12.3. The third-order valence-electron chi connectivity index (χ3n) is 21.9. The standard InChI is InChI=1S/12C10H16N.4BO3/c12*1-3-4-7-11-8-5-10(2)6-9-11;4*2-1(3)4/h12*5-6,8-9H,3-4,7H2,1-2H3;;;;/q12*+1;4*-3. The quantitative estimate of drug-likeness (QED) is 0.0262.